The van der Waals surface area contributed by atoms with Gasteiger partial charge >= 0.3 is 0 Å². The summed E-state index contributed by atoms with van der Waals surface area (Å²) in [6, 6.07) is 12.8. The van der Waals surface area contributed by atoms with Crippen LogP contribution in [0.4, 0.5) is 0 Å². The molecular weight excluding hydrogens is 307 g/mol. The predicted octanol–water partition coefficient (Wildman–Crippen LogP) is 5.11. The first-order valence-electron chi connectivity index (χ1n) is 5.19. The van der Waals surface area contributed by atoms with Gasteiger partial charge in [-0.3, -0.25) is 0 Å². The molecule has 16 heavy (non-hydrogen) atoms. The largest absolute Gasteiger partial charge is 0.0856 e. The number of aryl methyl sites for hydroxylation is 1. The third kappa shape index (κ3) is 2.35. The average Bonchev–Trinajstić information content (AvgIpc) is 2.27. The summed E-state index contributed by atoms with van der Waals surface area (Å²) in [5.41, 5.74) is 2.59. The van der Waals surface area contributed by atoms with Crippen LogP contribution in [0, 0.1) is 6.92 Å². The molecule has 2 rings (SSSR count). The van der Waals surface area contributed by atoms with Gasteiger partial charge in [-0.1, -0.05) is 49.1 Å². The topological polar surface area (TPSA) is 0 Å². The summed E-state index contributed by atoms with van der Waals surface area (Å²) in [7, 11) is 0. The maximum atomic E-state index is 3.88. The molecule has 0 aliphatic carbocycles. The van der Waals surface area contributed by atoms with E-state index in [1.165, 1.54) is 21.9 Å². The number of hydrogen-bond acceptors (Lipinski definition) is 0. The molecule has 0 N–H and O–H groups in total. The van der Waals surface area contributed by atoms with E-state index in [1.54, 1.807) is 0 Å². The average molecular weight is 320 g/mol. The van der Waals surface area contributed by atoms with Gasteiger partial charge in [-0.15, -0.1) is 0 Å². The number of hydrogen-bond donors (Lipinski definition) is 0. The molecule has 0 bridgehead atoms. The number of allylic oxidation sites excluding steroid dienone is 2. The fourth-order valence-corrected chi connectivity index (χ4v) is 1.98. The van der Waals surface area contributed by atoms with Gasteiger partial charge in [-0.2, -0.15) is 0 Å². The Morgan fingerprint density at radius 3 is 2.69 bits per heavy atom. The van der Waals surface area contributed by atoms with E-state index in [9.17, 15) is 0 Å². The molecule has 0 saturated carbocycles. The zero-order valence-corrected chi connectivity index (χ0v) is 11.4. The molecule has 0 fully saturated rings. The number of halogens is 1. The van der Waals surface area contributed by atoms with Crippen molar-refractivity contribution in [2.24, 2.45) is 0 Å². The van der Waals surface area contributed by atoms with Crippen LogP contribution in [0.1, 0.15) is 11.1 Å². The van der Waals surface area contributed by atoms with Crippen molar-refractivity contribution in [3.05, 3.63) is 63.8 Å². The van der Waals surface area contributed by atoms with Crippen molar-refractivity contribution in [1.82, 2.24) is 0 Å². The molecule has 0 radical (unpaired) electrons. The molecule has 0 unspecified atom stereocenters. The first-order valence-corrected chi connectivity index (χ1v) is 6.27. The van der Waals surface area contributed by atoms with Crippen molar-refractivity contribution in [3.8, 4) is 0 Å². The van der Waals surface area contributed by atoms with Gasteiger partial charge in [0.25, 0.3) is 0 Å². The SMILES string of the molecule is C=C(I)/C=C\c1c(C)ccc2ccccc12. The second-order valence-electron chi connectivity index (χ2n) is 3.80. The summed E-state index contributed by atoms with van der Waals surface area (Å²) in [4.78, 5) is 0. The molecule has 0 saturated heterocycles. The quantitative estimate of drug-likeness (QED) is 0.533. The van der Waals surface area contributed by atoms with Crippen LogP contribution < -0.4 is 0 Å². The maximum absolute atomic E-state index is 3.88. The van der Waals surface area contributed by atoms with E-state index in [-0.39, 0.29) is 0 Å². The summed E-state index contributed by atoms with van der Waals surface area (Å²) in [5, 5.41) is 2.59. The van der Waals surface area contributed by atoms with Crippen molar-refractivity contribution >= 4 is 39.4 Å². The third-order valence-corrected chi connectivity index (χ3v) is 2.98. The van der Waals surface area contributed by atoms with E-state index in [1.807, 2.05) is 0 Å². The molecular formula is C15H13I. The van der Waals surface area contributed by atoms with Gasteiger partial charge in [0.05, 0.1) is 0 Å². The summed E-state index contributed by atoms with van der Waals surface area (Å²) in [6.45, 7) is 6.02. The van der Waals surface area contributed by atoms with Crippen molar-refractivity contribution in [2.75, 3.05) is 0 Å². The van der Waals surface area contributed by atoms with E-state index in [4.69, 9.17) is 0 Å². The fourth-order valence-electron chi connectivity index (χ4n) is 1.80. The minimum atomic E-state index is 1.05. The van der Waals surface area contributed by atoms with Gasteiger partial charge in [0.1, 0.15) is 0 Å². The lowest BCUT2D eigenvalue weighted by Crippen LogP contribution is -1.83. The van der Waals surface area contributed by atoms with Crippen molar-refractivity contribution in [2.45, 2.75) is 6.92 Å². The van der Waals surface area contributed by atoms with Crippen molar-refractivity contribution in [1.29, 1.82) is 0 Å². The van der Waals surface area contributed by atoms with Crippen LogP contribution in [0.2, 0.25) is 0 Å². The van der Waals surface area contributed by atoms with Crippen LogP contribution in [-0.2, 0) is 0 Å². The normalized spacial score (nSPS) is 11.1. The lowest BCUT2D eigenvalue weighted by atomic mass is 9.99. The monoisotopic (exact) mass is 320 g/mol. The Kier molecular flexibility index (Phi) is 3.44. The Morgan fingerprint density at radius 2 is 1.94 bits per heavy atom. The van der Waals surface area contributed by atoms with Crippen LogP contribution in [0.5, 0.6) is 0 Å². The van der Waals surface area contributed by atoms with Crippen LogP contribution in [0.25, 0.3) is 16.8 Å². The van der Waals surface area contributed by atoms with Crippen LogP contribution in [-0.4, -0.2) is 0 Å². The Morgan fingerprint density at radius 1 is 1.19 bits per heavy atom. The summed E-state index contributed by atoms with van der Waals surface area (Å²) in [6.07, 6.45) is 4.20. The zero-order valence-electron chi connectivity index (χ0n) is 9.20. The first kappa shape index (κ1) is 11.4. The summed E-state index contributed by atoms with van der Waals surface area (Å²) < 4.78 is 1.05. The number of benzene rings is 2. The molecule has 0 spiro atoms. The second-order valence-corrected chi connectivity index (χ2v) is 5.18. The van der Waals surface area contributed by atoms with Crippen LogP contribution in [0.15, 0.2) is 52.6 Å². The number of fused-ring (bicyclic) bond motifs is 1. The minimum absolute atomic E-state index is 1.05. The zero-order chi connectivity index (χ0) is 11.5. The molecule has 2 aromatic rings. The third-order valence-electron chi connectivity index (χ3n) is 2.62. The Hall–Kier alpha value is -1.09. The van der Waals surface area contributed by atoms with Gasteiger partial charge in [0.15, 0.2) is 0 Å². The lowest BCUT2D eigenvalue weighted by Gasteiger charge is -2.06. The van der Waals surface area contributed by atoms with Crippen molar-refractivity contribution < 1.29 is 0 Å². The van der Waals surface area contributed by atoms with Crippen molar-refractivity contribution in [3.63, 3.8) is 0 Å². The van der Waals surface area contributed by atoms with Crippen LogP contribution >= 0.6 is 22.6 Å². The van der Waals surface area contributed by atoms with Gasteiger partial charge in [0.2, 0.25) is 0 Å². The Balaban J connectivity index is 2.66. The van der Waals surface area contributed by atoms with Crippen LogP contribution in [0.3, 0.4) is 0 Å². The molecule has 0 atom stereocenters. The van der Waals surface area contributed by atoms with Gasteiger partial charge in [-0.25, -0.2) is 0 Å². The minimum Gasteiger partial charge on any atom is -0.0856 e. The second kappa shape index (κ2) is 4.83. The van der Waals surface area contributed by atoms with E-state index in [0.717, 1.165) is 3.58 Å². The van der Waals surface area contributed by atoms with Gasteiger partial charge in [0, 0.05) is 3.58 Å². The first-order chi connectivity index (χ1) is 7.68. The standard InChI is InChI=1S/C15H13I/c1-11-7-9-13-5-3-4-6-15(13)14(11)10-8-12(2)16/h3-10H,2H2,1H3/b10-8-. The fraction of sp³-hybridized carbons (Fsp3) is 0.0667. The van der Waals surface area contributed by atoms with E-state index in [2.05, 4.69) is 84.6 Å². The van der Waals surface area contributed by atoms with E-state index in [0.29, 0.717) is 0 Å². The predicted molar refractivity (Wildman–Crippen MR) is 80.9 cm³/mol. The molecule has 0 nitrogen and oxygen atoms in total. The van der Waals surface area contributed by atoms with Gasteiger partial charge in [-0.05, 0) is 57.5 Å². The Bertz CT molecular complexity index is 565. The van der Waals surface area contributed by atoms with E-state index < -0.39 is 0 Å². The molecule has 0 heterocycles. The molecule has 80 valence electrons. The molecule has 0 aliphatic heterocycles. The highest BCUT2D eigenvalue weighted by Crippen LogP contribution is 2.24. The highest BCUT2D eigenvalue weighted by atomic mass is 127. The summed E-state index contributed by atoms with van der Waals surface area (Å²) in [5.74, 6) is 0. The molecule has 0 amide bonds. The van der Waals surface area contributed by atoms with Gasteiger partial charge < -0.3 is 0 Å². The highest BCUT2D eigenvalue weighted by molar-refractivity contribution is 14.1. The van der Waals surface area contributed by atoms with E-state index >= 15 is 0 Å². The smallest absolute Gasteiger partial charge is 0.00581 e. The lowest BCUT2D eigenvalue weighted by molar-refractivity contribution is 1.48. The summed E-state index contributed by atoms with van der Waals surface area (Å²) >= 11 is 2.22. The molecule has 1 heteroatoms. The molecule has 0 aromatic heterocycles. The molecule has 0 aliphatic rings. The number of rotatable bonds is 2. The Labute approximate surface area is 110 Å². The highest BCUT2D eigenvalue weighted by Gasteiger charge is 2.00. The molecule has 2 aromatic carbocycles. The maximum Gasteiger partial charge on any atom is 0.00581 e.